The molecule has 1 unspecified atom stereocenters. The number of hydrogen-bond donors (Lipinski definition) is 0. The van der Waals surface area contributed by atoms with Crippen LogP contribution in [0.4, 0.5) is 0 Å². The summed E-state index contributed by atoms with van der Waals surface area (Å²) in [7, 11) is -1.89. The Morgan fingerprint density at radius 3 is 2.38 bits per heavy atom. The van der Waals surface area contributed by atoms with Gasteiger partial charge in [-0.3, -0.25) is 0 Å². The van der Waals surface area contributed by atoms with Crippen LogP contribution in [0.3, 0.4) is 0 Å². The van der Waals surface area contributed by atoms with Crippen molar-refractivity contribution in [1.82, 2.24) is 4.31 Å². The molecule has 0 bridgehead atoms. The lowest BCUT2D eigenvalue weighted by Crippen LogP contribution is -2.44. The van der Waals surface area contributed by atoms with Gasteiger partial charge in [0.2, 0.25) is 10.0 Å². The Morgan fingerprint density at radius 2 is 1.69 bits per heavy atom. The molecule has 0 aromatic heterocycles. The van der Waals surface area contributed by atoms with Crippen LogP contribution in [0.25, 0.3) is 5.57 Å². The molecule has 0 amide bonds. The third-order valence-corrected chi connectivity index (χ3v) is 8.83. The molecule has 3 aromatic rings. The lowest BCUT2D eigenvalue weighted by molar-refractivity contribution is 0.323. The highest BCUT2D eigenvalue weighted by atomic mass is 32.2. The monoisotopic (exact) mass is 445 g/mol. The lowest BCUT2D eigenvalue weighted by atomic mass is 9.74. The van der Waals surface area contributed by atoms with Crippen molar-refractivity contribution in [3.63, 3.8) is 0 Å². The standard InChI is InChI=1S/C27H27NO3S/c1-19-9-12-22(13-10-19)32(29,30)28-16-15-27(2)24-17-21(31-3)11-14-23(24)26(25(27)18-28)20-7-5-4-6-8-20/h4-14,17H,15-16,18H2,1-3H3. The van der Waals surface area contributed by atoms with E-state index in [1.165, 1.54) is 11.1 Å². The summed E-state index contributed by atoms with van der Waals surface area (Å²) in [4.78, 5) is 0.353. The summed E-state index contributed by atoms with van der Waals surface area (Å²) in [5.74, 6) is 0.827. The lowest BCUT2D eigenvalue weighted by Gasteiger charge is -2.39. The summed E-state index contributed by atoms with van der Waals surface area (Å²) < 4.78 is 34.1. The third-order valence-electron chi connectivity index (χ3n) is 6.98. The van der Waals surface area contributed by atoms with Gasteiger partial charge in [-0.1, -0.05) is 61.0 Å². The van der Waals surface area contributed by atoms with Gasteiger partial charge in [0.25, 0.3) is 0 Å². The highest BCUT2D eigenvalue weighted by molar-refractivity contribution is 7.89. The second-order valence-corrected chi connectivity index (χ2v) is 10.8. The molecule has 164 valence electrons. The molecule has 2 aliphatic rings. The minimum absolute atomic E-state index is 0.228. The number of piperidine rings is 1. The van der Waals surface area contributed by atoms with Crippen LogP contribution in [0.2, 0.25) is 0 Å². The second kappa shape index (κ2) is 7.61. The number of aryl methyl sites for hydroxylation is 1. The fraction of sp³-hybridized carbons (Fsp3) is 0.259. The second-order valence-electron chi connectivity index (χ2n) is 8.86. The Morgan fingerprint density at radius 1 is 0.969 bits per heavy atom. The minimum atomic E-state index is -3.58. The van der Waals surface area contributed by atoms with E-state index in [1.807, 2.05) is 43.3 Å². The molecule has 32 heavy (non-hydrogen) atoms. The average Bonchev–Trinajstić information content (AvgIpc) is 3.07. The third kappa shape index (κ3) is 3.19. The number of fused-ring (bicyclic) bond motifs is 3. The van der Waals surface area contributed by atoms with Crippen molar-refractivity contribution in [3.8, 4) is 5.75 Å². The van der Waals surface area contributed by atoms with Crippen LogP contribution >= 0.6 is 0 Å². The van der Waals surface area contributed by atoms with Crippen LogP contribution in [0.5, 0.6) is 5.75 Å². The zero-order chi connectivity index (χ0) is 22.5. The maximum Gasteiger partial charge on any atom is 0.243 e. The summed E-state index contributed by atoms with van der Waals surface area (Å²) in [6.45, 7) is 5.07. The van der Waals surface area contributed by atoms with Gasteiger partial charge in [-0.2, -0.15) is 4.31 Å². The number of ether oxygens (including phenoxy) is 1. The zero-order valence-electron chi connectivity index (χ0n) is 18.6. The van der Waals surface area contributed by atoms with Gasteiger partial charge in [0, 0.05) is 18.5 Å². The Labute approximate surface area is 190 Å². The summed E-state index contributed by atoms with van der Waals surface area (Å²) in [6.07, 6.45) is 0.726. The maximum atomic E-state index is 13.5. The number of methoxy groups -OCH3 is 1. The fourth-order valence-electron chi connectivity index (χ4n) is 5.07. The molecule has 0 N–H and O–H groups in total. The van der Waals surface area contributed by atoms with Crippen LogP contribution in [0.15, 0.2) is 83.3 Å². The van der Waals surface area contributed by atoms with Crippen LogP contribution in [0, 0.1) is 6.92 Å². The van der Waals surface area contributed by atoms with Gasteiger partial charge < -0.3 is 4.74 Å². The predicted molar refractivity (Wildman–Crippen MR) is 127 cm³/mol. The Hall–Kier alpha value is -2.89. The first kappa shape index (κ1) is 21.0. The van der Waals surface area contributed by atoms with E-state index >= 15 is 0 Å². The Kier molecular flexibility index (Phi) is 4.99. The average molecular weight is 446 g/mol. The first-order valence-electron chi connectivity index (χ1n) is 10.9. The number of hydrogen-bond acceptors (Lipinski definition) is 3. The molecular formula is C27H27NO3S. The highest BCUT2D eigenvalue weighted by Crippen LogP contribution is 2.53. The first-order valence-corrected chi connectivity index (χ1v) is 12.3. The van der Waals surface area contributed by atoms with E-state index in [4.69, 9.17) is 4.74 Å². The van der Waals surface area contributed by atoms with Gasteiger partial charge >= 0.3 is 0 Å². The van der Waals surface area contributed by atoms with Crippen molar-refractivity contribution in [2.24, 2.45) is 0 Å². The minimum Gasteiger partial charge on any atom is -0.497 e. The van der Waals surface area contributed by atoms with E-state index in [0.29, 0.717) is 18.0 Å². The molecule has 0 saturated carbocycles. The van der Waals surface area contributed by atoms with E-state index in [0.717, 1.165) is 34.4 Å². The molecule has 3 aromatic carbocycles. The number of sulfonamides is 1. The summed E-state index contributed by atoms with van der Waals surface area (Å²) in [6, 6.07) is 23.6. The first-order chi connectivity index (χ1) is 15.3. The molecule has 5 heteroatoms. The topological polar surface area (TPSA) is 46.6 Å². The van der Waals surface area contributed by atoms with Crippen molar-refractivity contribution in [1.29, 1.82) is 0 Å². The smallest absolute Gasteiger partial charge is 0.243 e. The molecule has 1 atom stereocenters. The van der Waals surface area contributed by atoms with Crippen LogP contribution in [0.1, 0.15) is 35.6 Å². The van der Waals surface area contributed by atoms with Crippen molar-refractivity contribution < 1.29 is 13.2 Å². The maximum absolute atomic E-state index is 13.5. The van der Waals surface area contributed by atoms with E-state index in [9.17, 15) is 8.42 Å². The molecular weight excluding hydrogens is 418 g/mol. The molecule has 1 fully saturated rings. The van der Waals surface area contributed by atoms with Gasteiger partial charge in [-0.05, 0) is 65.4 Å². The quantitative estimate of drug-likeness (QED) is 0.557. The van der Waals surface area contributed by atoms with E-state index in [-0.39, 0.29) is 5.41 Å². The number of rotatable bonds is 4. The van der Waals surface area contributed by atoms with Crippen LogP contribution in [-0.4, -0.2) is 32.9 Å². The van der Waals surface area contributed by atoms with E-state index < -0.39 is 10.0 Å². The van der Waals surface area contributed by atoms with Gasteiger partial charge in [0.1, 0.15) is 5.75 Å². The Bertz CT molecular complexity index is 1310. The zero-order valence-corrected chi connectivity index (χ0v) is 19.4. The van der Waals surface area contributed by atoms with Gasteiger partial charge in [-0.25, -0.2) is 8.42 Å². The van der Waals surface area contributed by atoms with Crippen molar-refractivity contribution in [3.05, 3.63) is 101 Å². The molecule has 1 aliphatic carbocycles. The molecule has 0 radical (unpaired) electrons. The van der Waals surface area contributed by atoms with Crippen molar-refractivity contribution in [2.45, 2.75) is 30.6 Å². The summed E-state index contributed by atoms with van der Waals surface area (Å²) in [5, 5.41) is 0. The molecule has 5 rings (SSSR count). The predicted octanol–water partition coefficient (Wildman–Crippen LogP) is 5.17. The van der Waals surface area contributed by atoms with E-state index in [2.05, 4.69) is 31.2 Å². The molecule has 1 heterocycles. The molecule has 1 saturated heterocycles. The molecule has 4 nitrogen and oxygen atoms in total. The van der Waals surface area contributed by atoms with E-state index in [1.54, 1.807) is 23.5 Å². The molecule has 1 aliphatic heterocycles. The fourth-order valence-corrected chi connectivity index (χ4v) is 6.48. The largest absolute Gasteiger partial charge is 0.497 e. The van der Waals surface area contributed by atoms with Crippen molar-refractivity contribution >= 4 is 15.6 Å². The normalized spacial score (nSPS) is 20.7. The van der Waals surface area contributed by atoms with Gasteiger partial charge in [0.05, 0.1) is 12.0 Å². The van der Waals surface area contributed by atoms with Crippen molar-refractivity contribution in [2.75, 3.05) is 20.2 Å². The summed E-state index contributed by atoms with van der Waals surface area (Å²) >= 11 is 0. The molecule has 0 spiro atoms. The number of nitrogens with zero attached hydrogens (tertiary/aromatic N) is 1. The van der Waals surface area contributed by atoms with Gasteiger partial charge in [-0.15, -0.1) is 0 Å². The highest BCUT2D eigenvalue weighted by Gasteiger charge is 2.47. The SMILES string of the molecule is COc1ccc2c(c1)C1(C)CCN(S(=O)(=O)c3ccc(C)cc3)CC1=C2c1ccccc1. The van der Waals surface area contributed by atoms with Crippen LogP contribution in [-0.2, 0) is 15.4 Å². The van der Waals surface area contributed by atoms with Gasteiger partial charge in [0.15, 0.2) is 0 Å². The Balaban J connectivity index is 1.64. The summed E-state index contributed by atoms with van der Waals surface area (Å²) in [5.41, 5.74) is 6.64. The number of benzene rings is 3. The van der Waals surface area contributed by atoms with Crippen LogP contribution < -0.4 is 4.74 Å².